The van der Waals surface area contributed by atoms with Gasteiger partial charge in [-0.25, -0.2) is 9.59 Å². The van der Waals surface area contributed by atoms with E-state index in [4.69, 9.17) is 10.2 Å². The molecule has 0 radical (unpaired) electrons. The number of carbonyl (C=O) groups is 2. The minimum atomic E-state index is -2.01. The number of para-hydroxylation sites is 1. The maximum absolute atomic E-state index is 10.8. The van der Waals surface area contributed by atoms with E-state index in [1.165, 1.54) is 0 Å². The van der Waals surface area contributed by atoms with Crippen LogP contribution in [0.1, 0.15) is 6.92 Å². The molecule has 0 saturated heterocycles. The Kier molecular flexibility index (Phi) is 2.94. The van der Waals surface area contributed by atoms with Crippen LogP contribution in [-0.2, 0) is 9.59 Å². The zero-order chi connectivity index (χ0) is 11.5. The number of carboxylic acid groups (broad SMARTS) is 2. The molecule has 0 aromatic heterocycles. The molecule has 0 aliphatic heterocycles. The number of nitrogens with one attached hydrogen (secondary N) is 1. The summed E-state index contributed by atoms with van der Waals surface area (Å²) in [5.74, 6) is -2.86. The van der Waals surface area contributed by atoms with E-state index in [2.05, 4.69) is 5.32 Å². The Hall–Kier alpha value is -2.04. The van der Waals surface area contributed by atoms with Crippen molar-refractivity contribution in [1.29, 1.82) is 0 Å². The molecule has 80 valence electrons. The van der Waals surface area contributed by atoms with Gasteiger partial charge in [-0.2, -0.15) is 0 Å². The van der Waals surface area contributed by atoms with Crippen LogP contribution in [0.15, 0.2) is 30.3 Å². The predicted molar refractivity (Wildman–Crippen MR) is 53.7 cm³/mol. The summed E-state index contributed by atoms with van der Waals surface area (Å²) in [4.78, 5) is 21.6. The summed E-state index contributed by atoms with van der Waals surface area (Å²) in [6.07, 6.45) is 0. The lowest BCUT2D eigenvalue weighted by atomic mass is 10.0. The second-order valence-corrected chi connectivity index (χ2v) is 3.23. The van der Waals surface area contributed by atoms with Crippen molar-refractivity contribution < 1.29 is 19.8 Å². The van der Waals surface area contributed by atoms with Crippen LogP contribution in [0.25, 0.3) is 0 Å². The highest BCUT2D eigenvalue weighted by Crippen LogP contribution is 2.15. The second kappa shape index (κ2) is 4.00. The Labute approximate surface area is 86.4 Å². The fourth-order valence-corrected chi connectivity index (χ4v) is 1.01. The molecule has 0 fully saturated rings. The van der Waals surface area contributed by atoms with Gasteiger partial charge in [0.2, 0.25) is 5.54 Å². The minimum Gasteiger partial charge on any atom is -0.479 e. The number of benzene rings is 1. The van der Waals surface area contributed by atoms with Crippen molar-refractivity contribution in [1.82, 2.24) is 0 Å². The zero-order valence-electron chi connectivity index (χ0n) is 8.10. The largest absolute Gasteiger partial charge is 0.479 e. The van der Waals surface area contributed by atoms with Crippen LogP contribution < -0.4 is 5.32 Å². The molecule has 0 heterocycles. The molecule has 0 unspecified atom stereocenters. The predicted octanol–water partition coefficient (Wildman–Crippen LogP) is 1.03. The summed E-state index contributed by atoms with van der Waals surface area (Å²) in [5.41, 5.74) is -1.56. The van der Waals surface area contributed by atoms with Gasteiger partial charge in [-0.3, -0.25) is 0 Å². The quantitative estimate of drug-likeness (QED) is 0.644. The fourth-order valence-electron chi connectivity index (χ4n) is 1.01. The number of rotatable bonds is 4. The highest BCUT2D eigenvalue weighted by molar-refractivity contribution is 6.05. The SMILES string of the molecule is CC(Nc1ccccc1)(C(=O)O)C(=O)O. The van der Waals surface area contributed by atoms with Crippen molar-refractivity contribution in [2.45, 2.75) is 12.5 Å². The Balaban J connectivity index is 2.95. The maximum atomic E-state index is 10.8. The number of aliphatic carboxylic acids is 2. The monoisotopic (exact) mass is 209 g/mol. The van der Waals surface area contributed by atoms with E-state index in [-0.39, 0.29) is 0 Å². The van der Waals surface area contributed by atoms with Gasteiger partial charge in [-0.1, -0.05) is 18.2 Å². The van der Waals surface area contributed by atoms with Crippen LogP contribution in [-0.4, -0.2) is 27.7 Å². The lowest BCUT2D eigenvalue weighted by molar-refractivity contribution is -0.154. The van der Waals surface area contributed by atoms with E-state index in [1.54, 1.807) is 30.3 Å². The highest BCUT2D eigenvalue weighted by atomic mass is 16.4. The smallest absolute Gasteiger partial charge is 0.340 e. The van der Waals surface area contributed by atoms with Gasteiger partial charge in [-0.15, -0.1) is 0 Å². The van der Waals surface area contributed by atoms with Crippen molar-refractivity contribution in [3.8, 4) is 0 Å². The maximum Gasteiger partial charge on any atom is 0.340 e. The second-order valence-electron chi connectivity index (χ2n) is 3.23. The van der Waals surface area contributed by atoms with Gasteiger partial charge >= 0.3 is 11.9 Å². The molecule has 0 amide bonds. The van der Waals surface area contributed by atoms with Gasteiger partial charge in [0.25, 0.3) is 0 Å². The average molecular weight is 209 g/mol. The van der Waals surface area contributed by atoms with E-state index in [0.29, 0.717) is 5.69 Å². The Morgan fingerprint density at radius 3 is 2.00 bits per heavy atom. The minimum absolute atomic E-state index is 0.449. The topological polar surface area (TPSA) is 86.6 Å². The first-order valence-electron chi connectivity index (χ1n) is 4.27. The van der Waals surface area contributed by atoms with Crippen LogP contribution in [0.4, 0.5) is 5.69 Å². The molecule has 0 aliphatic rings. The molecule has 1 aromatic rings. The first kappa shape index (κ1) is 11.0. The van der Waals surface area contributed by atoms with Gasteiger partial charge in [-0.05, 0) is 19.1 Å². The molecular formula is C10H11NO4. The molecule has 5 nitrogen and oxygen atoms in total. The van der Waals surface area contributed by atoms with Gasteiger partial charge in [0.05, 0.1) is 0 Å². The third kappa shape index (κ3) is 2.25. The Morgan fingerprint density at radius 1 is 1.13 bits per heavy atom. The number of anilines is 1. The molecular weight excluding hydrogens is 198 g/mol. The van der Waals surface area contributed by atoms with E-state index >= 15 is 0 Å². The van der Waals surface area contributed by atoms with Gasteiger partial charge in [0, 0.05) is 5.69 Å². The first-order chi connectivity index (χ1) is 6.97. The molecule has 0 aliphatic carbocycles. The number of hydrogen-bond acceptors (Lipinski definition) is 3. The van der Waals surface area contributed by atoms with Crippen LogP contribution in [0.2, 0.25) is 0 Å². The summed E-state index contributed by atoms with van der Waals surface area (Å²) in [7, 11) is 0. The molecule has 1 aromatic carbocycles. The Bertz CT molecular complexity index is 360. The first-order valence-corrected chi connectivity index (χ1v) is 4.27. The lowest BCUT2D eigenvalue weighted by Gasteiger charge is -2.22. The van der Waals surface area contributed by atoms with Gasteiger partial charge in [0.1, 0.15) is 0 Å². The van der Waals surface area contributed by atoms with E-state index in [1.807, 2.05) is 0 Å². The lowest BCUT2D eigenvalue weighted by Crippen LogP contribution is -2.50. The molecule has 0 atom stereocenters. The summed E-state index contributed by atoms with van der Waals surface area (Å²) < 4.78 is 0. The summed E-state index contributed by atoms with van der Waals surface area (Å²) in [5, 5.41) is 20.1. The summed E-state index contributed by atoms with van der Waals surface area (Å²) in [6.45, 7) is 1.10. The van der Waals surface area contributed by atoms with E-state index in [9.17, 15) is 9.59 Å². The molecule has 3 N–H and O–H groups in total. The zero-order valence-corrected chi connectivity index (χ0v) is 8.10. The van der Waals surface area contributed by atoms with Crippen molar-refractivity contribution in [3.05, 3.63) is 30.3 Å². The van der Waals surface area contributed by atoms with E-state index in [0.717, 1.165) is 6.92 Å². The van der Waals surface area contributed by atoms with E-state index < -0.39 is 17.5 Å². The van der Waals surface area contributed by atoms with Crippen LogP contribution >= 0.6 is 0 Å². The summed E-state index contributed by atoms with van der Waals surface area (Å²) >= 11 is 0. The van der Waals surface area contributed by atoms with Gasteiger partial charge in [0.15, 0.2) is 0 Å². The fraction of sp³-hybridized carbons (Fsp3) is 0.200. The molecule has 1 rings (SSSR count). The normalized spacial score (nSPS) is 10.7. The van der Waals surface area contributed by atoms with Crippen molar-refractivity contribution >= 4 is 17.6 Å². The van der Waals surface area contributed by atoms with Crippen LogP contribution in [0.5, 0.6) is 0 Å². The standard InChI is InChI=1S/C10H11NO4/c1-10(8(12)13,9(14)15)11-7-5-3-2-4-6-7/h2-6,11H,1H3,(H,12,13)(H,14,15). The number of hydrogen-bond donors (Lipinski definition) is 3. The Morgan fingerprint density at radius 2 is 1.60 bits per heavy atom. The van der Waals surface area contributed by atoms with Crippen molar-refractivity contribution in [3.63, 3.8) is 0 Å². The third-order valence-electron chi connectivity index (χ3n) is 2.02. The highest BCUT2D eigenvalue weighted by Gasteiger charge is 2.41. The molecule has 15 heavy (non-hydrogen) atoms. The molecule has 0 saturated carbocycles. The number of carboxylic acids is 2. The molecule has 0 bridgehead atoms. The third-order valence-corrected chi connectivity index (χ3v) is 2.02. The van der Waals surface area contributed by atoms with Crippen LogP contribution in [0, 0.1) is 0 Å². The van der Waals surface area contributed by atoms with Crippen molar-refractivity contribution in [2.75, 3.05) is 5.32 Å². The summed E-state index contributed by atoms with van der Waals surface area (Å²) in [6, 6.07) is 8.33. The van der Waals surface area contributed by atoms with Crippen molar-refractivity contribution in [2.24, 2.45) is 0 Å². The van der Waals surface area contributed by atoms with Gasteiger partial charge < -0.3 is 15.5 Å². The molecule has 0 spiro atoms. The van der Waals surface area contributed by atoms with Crippen LogP contribution in [0.3, 0.4) is 0 Å². The molecule has 5 heteroatoms. The average Bonchev–Trinajstić information content (AvgIpc) is 2.18.